The van der Waals surface area contributed by atoms with Gasteiger partial charge in [0.15, 0.2) is 11.5 Å². The maximum atomic E-state index is 12.3. The normalized spacial score (nSPS) is 10.6. The van der Waals surface area contributed by atoms with Crippen molar-refractivity contribution in [2.24, 2.45) is 0 Å². The van der Waals surface area contributed by atoms with Crippen LogP contribution in [-0.4, -0.2) is 33.8 Å². The quantitative estimate of drug-likeness (QED) is 0.394. The lowest BCUT2D eigenvalue weighted by atomic mass is 10.1. The molecule has 7 nitrogen and oxygen atoms in total. The summed E-state index contributed by atoms with van der Waals surface area (Å²) < 4.78 is 15.5. The minimum absolute atomic E-state index is 0.0236. The number of hydrogen-bond acceptors (Lipinski definition) is 6. The van der Waals surface area contributed by atoms with Crippen molar-refractivity contribution in [3.05, 3.63) is 59.8 Å². The number of nitriles is 1. The van der Waals surface area contributed by atoms with Crippen LogP contribution in [0.15, 0.2) is 54.2 Å². The first-order valence-corrected chi connectivity index (χ1v) is 8.61. The number of hydrogen-bond donors (Lipinski definition) is 2. The summed E-state index contributed by atoms with van der Waals surface area (Å²) in [6, 6.07) is 14.6. The van der Waals surface area contributed by atoms with E-state index in [-0.39, 0.29) is 5.57 Å². The largest absolute Gasteiger partial charge is 0.497 e. The number of amides is 1. The Morgan fingerprint density at radius 3 is 2.36 bits per heavy atom. The maximum absolute atomic E-state index is 12.3. The fraction of sp³-hybridized carbons (Fsp3) is 0.238. The number of anilines is 1. The SMILES string of the molecule is COc1ccc(CCN/C=C(/C#N)C(=O)Nc2ccc(OC)c(OC)c2)cc1. The van der Waals surface area contributed by atoms with E-state index < -0.39 is 5.91 Å². The van der Waals surface area contributed by atoms with Crippen molar-refractivity contribution in [3.8, 4) is 23.3 Å². The summed E-state index contributed by atoms with van der Waals surface area (Å²) in [5.74, 6) is 1.33. The Balaban J connectivity index is 1.92. The molecule has 2 aromatic rings. The standard InChI is InChI=1S/C21H23N3O4/c1-26-18-7-4-15(5-8-18)10-11-23-14-16(13-22)21(25)24-17-6-9-19(27-2)20(12-17)28-3/h4-9,12,14,23H,10-11H2,1-3H3,(H,24,25)/b16-14-. The number of nitrogens with zero attached hydrogens (tertiary/aromatic N) is 1. The third-order valence-electron chi connectivity index (χ3n) is 3.97. The van der Waals surface area contributed by atoms with Crippen LogP contribution in [0.25, 0.3) is 0 Å². The Kier molecular flexibility index (Phi) is 7.73. The highest BCUT2D eigenvalue weighted by molar-refractivity contribution is 6.06. The van der Waals surface area contributed by atoms with Crippen molar-refractivity contribution >= 4 is 11.6 Å². The fourth-order valence-electron chi connectivity index (χ4n) is 2.44. The Morgan fingerprint density at radius 2 is 1.75 bits per heavy atom. The molecule has 0 aliphatic heterocycles. The van der Waals surface area contributed by atoms with E-state index in [4.69, 9.17) is 14.2 Å². The second-order valence-electron chi connectivity index (χ2n) is 5.75. The number of carbonyl (C=O) groups excluding carboxylic acids is 1. The molecule has 2 aromatic carbocycles. The molecule has 0 heterocycles. The predicted octanol–water partition coefficient (Wildman–Crippen LogP) is 2.89. The molecule has 0 saturated carbocycles. The molecule has 0 spiro atoms. The van der Waals surface area contributed by atoms with E-state index in [0.29, 0.717) is 23.7 Å². The first-order valence-electron chi connectivity index (χ1n) is 8.61. The van der Waals surface area contributed by atoms with Crippen LogP contribution in [0.3, 0.4) is 0 Å². The number of carbonyl (C=O) groups is 1. The van der Waals surface area contributed by atoms with Crippen LogP contribution in [0.2, 0.25) is 0 Å². The molecule has 0 fully saturated rings. The van der Waals surface area contributed by atoms with E-state index in [1.54, 1.807) is 25.3 Å². The van der Waals surface area contributed by atoms with Gasteiger partial charge in [0, 0.05) is 24.5 Å². The highest BCUT2D eigenvalue weighted by Crippen LogP contribution is 2.29. The number of nitrogens with one attached hydrogen (secondary N) is 2. The summed E-state index contributed by atoms with van der Waals surface area (Å²) in [6.45, 7) is 0.584. The summed E-state index contributed by atoms with van der Waals surface area (Å²) in [6.07, 6.45) is 2.16. The van der Waals surface area contributed by atoms with Gasteiger partial charge in [0.2, 0.25) is 0 Å². The Bertz CT molecular complexity index is 870. The molecular formula is C21H23N3O4. The Morgan fingerprint density at radius 1 is 1.04 bits per heavy atom. The fourth-order valence-corrected chi connectivity index (χ4v) is 2.44. The molecule has 0 bridgehead atoms. The van der Waals surface area contributed by atoms with Crippen LogP contribution < -0.4 is 24.8 Å². The van der Waals surface area contributed by atoms with E-state index in [9.17, 15) is 10.1 Å². The summed E-state index contributed by atoms with van der Waals surface area (Å²) >= 11 is 0. The topological polar surface area (TPSA) is 92.6 Å². The molecule has 0 aromatic heterocycles. The lowest BCUT2D eigenvalue weighted by Crippen LogP contribution is -2.18. The highest BCUT2D eigenvalue weighted by atomic mass is 16.5. The van der Waals surface area contributed by atoms with Gasteiger partial charge in [-0.3, -0.25) is 4.79 Å². The number of benzene rings is 2. The van der Waals surface area contributed by atoms with Gasteiger partial charge in [-0.25, -0.2) is 0 Å². The average Bonchev–Trinajstić information content (AvgIpc) is 2.74. The number of methoxy groups -OCH3 is 3. The van der Waals surface area contributed by atoms with E-state index in [1.165, 1.54) is 20.4 Å². The number of rotatable bonds is 9. The summed E-state index contributed by atoms with van der Waals surface area (Å²) in [4.78, 5) is 12.3. The predicted molar refractivity (Wildman–Crippen MR) is 107 cm³/mol. The maximum Gasteiger partial charge on any atom is 0.267 e. The van der Waals surface area contributed by atoms with Gasteiger partial charge in [-0.15, -0.1) is 0 Å². The van der Waals surface area contributed by atoms with Gasteiger partial charge < -0.3 is 24.8 Å². The van der Waals surface area contributed by atoms with Crippen molar-refractivity contribution in [1.29, 1.82) is 5.26 Å². The monoisotopic (exact) mass is 381 g/mol. The second-order valence-corrected chi connectivity index (χ2v) is 5.75. The first kappa shape index (κ1) is 20.6. The van der Waals surface area contributed by atoms with Crippen molar-refractivity contribution in [2.75, 3.05) is 33.2 Å². The molecule has 2 rings (SSSR count). The molecule has 7 heteroatoms. The second kappa shape index (κ2) is 10.5. The van der Waals surface area contributed by atoms with Gasteiger partial charge in [0.25, 0.3) is 5.91 Å². The van der Waals surface area contributed by atoms with Gasteiger partial charge in [0.05, 0.1) is 21.3 Å². The zero-order valence-electron chi connectivity index (χ0n) is 16.1. The molecule has 146 valence electrons. The molecular weight excluding hydrogens is 358 g/mol. The molecule has 28 heavy (non-hydrogen) atoms. The summed E-state index contributed by atoms with van der Waals surface area (Å²) in [7, 11) is 4.67. The van der Waals surface area contributed by atoms with Crippen LogP contribution in [0.1, 0.15) is 5.56 Å². The van der Waals surface area contributed by atoms with Crippen LogP contribution in [-0.2, 0) is 11.2 Å². The third kappa shape index (κ3) is 5.68. The van der Waals surface area contributed by atoms with Crippen LogP contribution in [0.5, 0.6) is 17.2 Å². The molecule has 2 N–H and O–H groups in total. The van der Waals surface area contributed by atoms with Gasteiger partial charge in [-0.05, 0) is 36.2 Å². The van der Waals surface area contributed by atoms with E-state index in [1.807, 2.05) is 30.3 Å². The van der Waals surface area contributed by atoms with Crippen molar-refractivity contribution in [2.45, 2.75) is 6.42 Å². The van der Waals surface area contributed by atoms with Crippen LogP contribution in [0, 0.1) is 11.3 Å². The average molecular weight is 381 g/mol. The van der Waals surface area contributed by atoms with E-state index in [2.05, 4.69) is 10.6 Å². The zero-order chi connectivity index (χ0) is 20.4. The van der Waals surface area contributed by atoms with E-state index in [0.717, 1.165) is 17.7 Å². The minimum atomic E-state index is -0.508. The van der Waals surface area contributed by atoms with Crippen LogP contribution >= 0.6 is 0 Å². The molecule has 0 atom stereocenters. The summed E-state index contributed by atoms with van der Waals surface area (Å²) in [5.41, 5.74) is 1.60. The zero-order valence-corrected chi connectivity index (χ0v) is 16.1. The lowest BCUT2D eigenvalue weighted by molar-refractivity contribution is -0.112. The third-order valence-corrected chi connectivity index (χ3v) is 3.97. The summed E-state index contributed by atoms with van der Waals surface area (Å²) in [5, 5.41) is 14.9. The number of ether oxygens (including phenoxy) is 3. The molecule has 0 aliphatic rings. The van der Waals surface area contributed by atoms with Crippen molar-refractivity contribution in [1.82, 2.24) is 5.32 Å². The lowest BCUT2D eigenvalue weighted by Gasteiger charge is -2.10. The highest BCUT2D eigenvalue weighted by Gasteiger charge is 2.11. The van der Waals surface area contributed by atoms with E-state index >= 15 is 0 Å². The Labute approximate surface area is 164 Å². The van der Waals surface area contributed by atoms with Crippen molar-refractivity contribution in [3.63, 3.8) is 0 Å². The molecule has 1 amide bonds. The van der Waals surface area contributed by atoms with Crippen LogP contribution in [0.4, 0.5) is 5.69 Å². The Hall–Kier alpha value is -3.66. The van der Waals surface area contributed by atoms with Gasteiger partial charge in [-0.1, -0.05) is 12.1 Å². The molecule has 0 unspecified atom stereocenters. The van der Waals surface area contributed by atoms with Crippen molar-refractivity contribution < 1.29 is 19.0 Å². The van der Waals surface area contributed by atoms with Gasteiger partial charge >= 0.3 is 0 Å². The van der Waals surface area contributed by atoms with Gasteiger partial charge in [0.1, 0.15) is 17.4 Å². The first-order chi connectivity index (χ1) is 13.6. The molecule has 0 saturated heterocycles. The smallest absolute Gasteiger partial charge is 0.267 e. The molecule has 0 aliphatic carbocycles. The van der Waals surface area contributed by atoms with Gasteiger partial charge in [-0.2, -0.15) is 5.26 Å². The molecule has 0 radical (unpaired) electrons. The minimum Gasteiger partial charge on any atom is -0.497 e.